The molecule has 4 aromatic carbocycles. The molecule has 4 rings (SSSR count). The predicted molar refractivity (Wildman–Crippen MR) is 175 cm³/mol. The molecule has 0 aliphatic rings. The van der Waals surface area contributed by atoms with Gasteiger partial charge in [0.15, 0.2) is 0 Å². The van der Waals surface area contributed by atoms with Gasteiger partial charge in [-0.2, -0.15) is 10.5 Å². The molecule has 0 bridgehead atoms. The third-order valence-corrected chi connectivity index (χ3v) is 6.71. The molecule has 6 nitrogen and oxygen atoms in total. The van der Waals surface area contributed by atoms with Crippen molar-refractivity contribution in [1.82, 2.24) is 0 Å². The number of ether oxygens (including phenoxy) is 2. The lowest BCUT2D eigenvalue weighted by atomic mass is 10.2. The first-order chi connectivity index (χ1) is 21.2. The molecule has 0 aliphatic carbocycles. The summed E-state index contributed by atoms with van der Waals surface area (Å²) in [5.41, 5.74) is 5.90. The second-order valence-electron chi connectivity index (χ2n) is 10.2. The summed E-state index contributed by atoms with van der Waals surface area (Å²) in [6, 6.07) is 40.0. The molecule has 0 spiro atoms. The third kappa shape index (κ3) is 13.7. The fraction of sp³-hybridized carbons (Fsp3) is 0.297. The van der Waals surface area contributed by atoms with Crippen molar-refractivity contribution in [3.8, 4) is 12.1 Å². The molecule has 4 aromatic rings. The SMILES string of the molecule is CN(CCCCOCc1ccccc1)c1cccc(C#N)c1.N#Cc1cccc(NCCCCOCc2ccccc2)c1. The van der Waals surface area contributed by atoms with Crippen LogP contribution in [-0.2, 0) is 22.7 Å². The molecule has 0 radical (unpaired) electrons. The highest BCUT2D eigenvalue weighted by Crippen LogP contribution is 2.15. The van der Waals surface area contributed by atoms with E-state index in [-0.39, 0.29) is 0 Å². The first kappa shape index (κ1) is 32.9. The molecule has 1 N–H and O–H groups in total. The average Bonchev–Trinajstić information content (AvgIpc) is 3.07. The van der Waals surface area contributed by atoms with Crippen LogP contribution < -0.4 is 10.2 Å². The van der Waals surface area contributed by atoms with Gasteiger partial charge in [-0.05, 0) is 73.2 Å². The smallest absolute Gasteiger partial charge is 0.0992 e. The summed E-state index contributed by atoms with van der Waals surface area (Å²) in [4.78, 5) is 2.18. The molecule has 0 heterocycles. The van der Waals surface area contributed by atoms with Crippen LogP contribution in [0.25, 0.3) is 0 Å². The van der Waals surface area contributed by atoms with E-state index < -0.39 is 0 Å². The summed E-state index contributed by atoms with van der Waals surface area (Å²) < 4.78 is 11.3. The maximum atomic E-state index is 8.93. The lowest BCUT2D eigenvalue weighted by molar-refractivity contribution is 0.117. The zero-order valence-corrected chi connectivity index (χ0v) is 25.1. The maximum Gasteiger partial charge on any atom is 0.0992 e. The molecule has 0 aromatic heterocycles. The van der Waals surface area contributed by atoms with E-state index in [1.165, 1.54) is 11.1 Å². The summed E-state index contributed by atoms with van der Waals surface area (Å²) in [5.74, 6) is 0. The fourth-order valence-electron chi connectivity index (χ4n) is 4.28. The van der Waals surface area contributed by atoms with Crippen molar-refractivity contribution in [1.29, 1.82) is 10.5 Å². The highest BCUT2D eigenvalue weighted by molar-refractivity contribution is 5.51. The van der Waals surface area contributed by atoms with Crippen LogP contribution in [-0.4, -0.2) is 33.4 Å². The van der Waals surface area contributed by atoms with Crippen LogP contribution in [0.5, 0.6) is 0 Å². The summed E-state index contributed by atoms with van der Waals surface area (Å²) in [5, 5.41) is 21.1. The molecular formula is C37H42N4O2. The number of anilines is 2. The van der Waals surface area contributed by atoms with Gasteiger partial charge in [0.1, 0.15) is 0 Å². The van der Waals surface area contributed by atoms with Crippen LogP contribution in [0.2, 0.25) is 0 Å². The molecular weight excluding hydrogens is 532 g/mol. The Labute approximate surface area is 257 Å². The number of benzene rings is 4. The van der Waals surface area contributed by atoms with Crippen LogP contribution in [0.4, 0.5) is 11.4 Å². The van der Waals surface area contributed by atoms with Crippen molar-refractivity contribution in [2.45, 2.75) is 38.9 Å². The van der Waals surface area contributed by atoms with E-state index >= 15 is 0 Å². The second kappa shape index (κ2) is 20.3. The number of nitrogens with zero attached hydrogens (tertiary/aromatic N) is 3. The topological polar surface area (TPSA) is 81.3 Å². The Kier molecular flexibility index (Phi) is 15.5. The van der Waals surface area contributed by atoms with Gasteiger partial charge in [-0.25, -0.2) is 0 Å². The van der Waals surface area contributed by atoms with E-state index in [2.05, 4.69) is 53.7 Å². The van der Waals surface area contributed by atoms with E-state index in [0.29, 0.717) is 24.3 Å². The molecule has 0 saturated heterocycles. The molecule has 0 atom stereocenters. The molecule has 222 valence electrons. The quantitative estimate of drug-likeness (QED) is 0.137. The van der Waals surface area contributed by atoms with Crippen LogP contribution in [0, 0.1) is 22.7 Å². The zero-order chi connectivity index (χ0) is 30.4. The highest BCUT2D eigenvalue weighted by atomic mass is 16.5. The lowest BCUT2D eigenvalue weighted by Gasteiger charge is -2.19. The molecule has 0 saturated carbocycles. The summed E-state index contributed by atoms with van der Waals surface area (Å²) in [7, 11) is 2.06. The molecule has 0 fully saturated rings. The third-order valence-electron chi connectivity index (χ3n) is 6.71. The Morgan fingerprint density at radius 1 is 0.628 bits per heavy atom. The van der Waals surface area contributed by atoms with Crippen LogP contribution in [0.15, 0.2) is 109 Å². The Morgan fingerprint density at radius 3 is 1.79 bits per heavy atom. The van der Waals surface area contributed by atoms with Crippen molar-refractivity contribution >= 4 is 11.4 Å². The lowest BCUT2D eigenvalue weighted by Crippen LogP contribution is -2.18. The van der Waals surface area contributed by atoms with Gasteiger partial charge in [-0.15, -0.1) is 0 Å². The van der Waals surface area contributed by atoms with Gasteiger partial charge in [-0.1, -0.05) is 72.8 Å². The summed E-state index contributed by atoms with van der Waals surface area (Å²) in [6.45, 7) is 4.77. The molecule has 6 heteroatoms. The van der Waals surface area contributed by atoms with Gasteiger partial charge in [0.05, 0.1) is 36.5 Å². The number of nitrogens with one attached hydrogen (secondary N) is 1. The van der Waals surface area contributed by atoms with Gasteiger partial charge in [-0.3, -0.25) is 0 Å². The van der Waals surface area contributed by atoms with Gasteiger partial charge in [0.2, 0.25) is 0 Å². The Balaban J connectivity index is 0.000000236. The van der Waals surface area contributed by atoms with Crippen molar-refractivity contribution in [2.75, 3.05) is 43.6 Å². The molecule has 0 aliphatic heterocycles. The van der Waals surface area contributed by atoms with E-state index in [1.807, 2.05) is 84.9 Å². The van der Waals surface area contributed by atoms with Crippen molar-refractivity contribution in [2.24, 2.45) is 0 Å². The van der Waals surface area contributed by atoms with E-state index in [4.69, 9.17) is 20.0 Å². The number of rotatable bonds is 16. The number of nitriles is 2. The number of hydrogen-bond acceptors (Lipinski definition) is 6. The van der Waals surface area contributed by atoms with E-state index in [1.54, 1.807) is 0 Å². The minimum atomic E-state index is 0.679. The minimum Gasteiger partial charge on any atom is -0.385 e. The van der Waals surface area contributed by atoms with Crippen molar-refractivity contribution < 1.29 is 9.47 Å². The molecule has 43 heavy (non-hydrogen) atoms. The number of hydrogen-bond donors (Lipinski definition) is 1. The van der Waals surface area contributed by atoms with Crippen LogP contribution in [0.3, 0.4) is 0 Å². The van der Waals surface area contributed by atoms with Crippen LogP contribution >= 0.6 is 0 Å². The highest BCUT2D eigenvalue weighted by Gasteiger charge is 2.02. The summed E-state index contributed by atoms with van der Waals surface area (Å²) in [6.07, 6.45) is 4.18. The standard InChI is InChI=1S/C19H22N2O.C18H20N2O/c1-21(19-11-7-10-18(14-19)15-20)12-5-6-13-22-16-17-8-3-2-4-9-17;19-14-17-9-6-10-18(13-17)20-11-4-5-12-21-15-16-7-2-1-3-8-16/h2-4,7-11,14H,5-6,12-13,16H2,1H3;1-3,6-10,13,20H,4-5,11-12,15H2. The first-order valence-electron chi connectivity index (χ1n) is 14.9. The number of unbranched alkanes of at least 4 members (excludes halogenated alkanes) is 2. The van der Waals surface area contributed by atoms with Crippen molar-refractivity contribution in [3.63, 3.8) is 0 Å². The Morgan fingerprint density at radius 2 is 1.19 bits per heavy atom. The maximum absolute atomic E-state index is 8.93. The largest absolute Gasteiger partial charge is 0.385 e. The Hall–Kier alpha value is -4.62. The normalized spacial score (nSPS) is 10.1. The Bertz CT molecular complexity index is 1400. The van der Waals surface area contributed by atoms with Gasteiger partial charge >= 0.3 is 0 Å². The predicted octanol–water partition coefficient (Wildman–Crippen LogP) is 7.96. The van der Waals surface area contributed by atoms with E-state index in [0.717, 1.165) is 63.4 Å². The van der Waals surface area contributed by atoms with Gasteiger partial charge < -0.3 is 19.7 Å². The van der Waals surface area contributed by atoms with Gasteiger partial charge in [0.25, 0.3) is 0 Å². The molecule has 0 amide bonds. The zero-order valence-electron chi connectivity index (χ0n) is 25.1. The van der Waals surface area contributed by atoms with E-state index in [9.17, 15) is 0 Å². The monoisotopic (exact) mass is 574 g/mol. The van der Waals surface area contributed by atoms with Crippen molar-refractivity contribution in [3.05, 3.63) is 131 Å². The van der Waals surface area contributed by atoms with Crippen LogP contribution in [0.1, 0.15) is 47.9 Å². The van der Waals surface area contributed by atoms with Gasteiger partial charge in [0, 0.05) is 44.7 Å². The fourth-order valence-corrected chi connectivity index (χ4v) is 4.28. The first-order valence-corrected chi connectivity index (χ1v) is 14.9. The average molecular weight is 575 g/mol. The summed E-state index contributed by atoms with van der Waals surface area (Å²) >= 11 is 0. The molecule has 0 unspecified atom stereocenters. The minimum absolute atomic E-state index is 0.679. The second-order valence-corrected chi connectivity index (χ2v) is 10.2.